The molecule has 0 spiro atoms. The molecule has 0 saturated heterocycles. The number of hydrogen-bond acceptors (Lipinski definition) is 3. The maximum Gasteiger partial charge on any atom is 0.254 e. The molecule has 18 heavy (non-hydrogen) atoms. The Morgan fingerprint density at radius 1 is 1.44 bits per heavy atom. The summed E-state index contributed by atoms with van der Waals surface area (Å²) in [6, 6.07) is 1.77. The van der Waals surface area contributed by atoms with Crippen molar-refractivity contribution in [3.8, 4) is 0 Å². The smallest absolute Gasteiger partial charge is 0.254 e. The van der Waals surface area contributed by atoms with E-state index in [9.17, 15) is 4.79 Å². The SMILES string of the molecule is Cl.NCC(NC(=O)c1ccoc1)C1CCCCC1. The fourth-order valence-electron chi connectivity index (χ4n) is 2.55. The van der Waals surface area contributed by atoms with Crippen molar-refractivity contribution in [1.82, 2.24) is 5.32 Å². The van der Waals surface area contributed by atoms with Crippen molar-refractivity contribution in [2.45, 2.75) is 38.1 Å². The van der Waals surface area contributed by atoms with Crippen molar-refractivity contribution in [1.29, 1.82) is 0 Å². The van der Waals surface area contributed by atoms with E-state index in [1.807, 2.05) is 0 Å². The summed E-state index contributed by atoms with van der Waals surface area (Å²) >= 11 is 0. The average molecular weight is 273 g/mol. The molecule has 1 aromatic heterocycles. The monoisotopic (exact) mass is 272 g/mol. The summed E-state index contributed by atoms with van der Waals surface area (Å²) in [5, 5.41) is 3.01. The number of nitrogens with one attached hydrogen (secondary N) is 1. The molecule has 4 nitrogen and oxygen atoms in total. The van der Waals surface area contributed by atoms with Crippen LogP contribution in [-0.2, 0) is 0 Å². The first-order valence-electron chi connectivity index (χ1n) is 6.34. The lowest BCUT2D eigenvalue weighted by Gasteiger charge is -2.29. The van der Waals surface area contributed by atoms with Crippen molar-refractivity contribution in [3.63, 3.8) is 0 Å². The predicted molar refractivity (Wildman–Crippen MR) is 72.8 cm³/mol. The summed E-state index contributed by atoms with van der Waals surface area (Å²) in [4.78, 5) is 11.9. The van der Waals surface area contributed by atoms with Gasteiger partial charge in [-0.05, 0) is 24.8 Å². The van der Waals surface area contributed by atoms with Gasteiger partial charge in [-0.2, -0.15) is 0 Å². The molecule has 1 aliphatic carbocycles. The lowest BCUT2D eigenvalue weighted by atomic mass is 9.84. The average Bonchev–Trinajstić information content (AvgIpc) is 2.90. The highest BCUT2D eigenvalue weighted by atomic mass is 35.5. The molecule has 102 valence electrons. The Labute approximate surface area is 114 Å². The van der Waals surface area contributed by atoms with Gasteiger partial charge in [-0.1, -0.05) is 19.3 Å². The molecule has 0 aliphatic heterocycles. The van der Waals surface area contributed by atoms with Gasteiger partial charge in [-0.15, -0.1) is 12.4 Å². The van der Waals surface area contributed by atoms with Gasteiger partial charge in [0.1, 0.15) is 6.26 Å². The lowest BCUT2D eigenvalue weighted by molar-refractivity contribution is 0.0915. The van der Waals surface area contributed by atoms with Crippen molar-refractivity contribution in [2.24, 2.45) is 11.7 Å². The third kappa shape index (κ3) is 3.75. The number of nitrogens with two attached hydrogens (primary N) is 1. The second kappa shape index (κ2) is 7.44. The first kappa shape index (κ1) is 15.1. The van der Waals surface area contributed by atoms with E-state index in [-0.39, 0.29) is 24.4 Å². The van der Waals surface area contributed by atoms with Crippen LogP contribution in [-0.4, -0.2) is 18.5 Å². The first-order valence-corrected chi connectivity index (χ1v) is 6.34. The van der Waals surface area contributed by atoms with E-state index in [1.165, 1.54) is 44.6 Å². The molecule has 1 unspecified atom stereocenters. The molecule has 1 heterocycles. The molecule has 0 radical (unpaired) electrons. The zero-order valence-electron chi connectivity index (χ0n) is 10.4. The molecule has 1 fully saturated rings. The standard InChI is InChI=1S/C13H20N2O2.ClH/c14-8-12(10-4-2-1-3-5-10)15-13(16)11-6-7-17-9-11;/h6-7,9-10,12H,1-5,8,14H2,(H,15,16);1H. The van der Waals surface area contributed by atoms with Crippen LogP contribution in [0.25, 0.3) is 0 Å². The van der Waals surface area contributed by atoms with E-state index in [0.29, 0.717) is 18.0 Å². The third-order valence-corrected chi connectivity index (χ3v) is 3.57. The van der Waals surface area contributed by atoms with Crippen molar-refractivity contribution in [3.05, 3.63) is 24.2 Å². The van der Waals surface area contributed by atoms with Crippen molar-refractivity contribution >= 4 is 18.3 Å². The number of carbonyl (C=O) groups is 1. The summed E-state index contributed by atoms with van der Waals surface area (Å²) in [6.45, 7) is 0.508. The summed E-state index contributed by atoms with van der Waals surface area (Å²) < 4.78 is 4.90. The fourth-order valence-corrected chi connectivity index (χ4v) is 2.55. The van der Waals surface area contributed by atoms with Crippen molar-refractivity contribution < 1.29 is 9.21 Å². The van der Waals surface area contributed by atoms with Gasteiger partial charge in [-0.3, -0.25) is 4.79 Å². The number of halogens is 1. The van der Waals surface area contributed by atoms with Crippen LogP contribution in [0.5, 0.6) is 0 Å². The molecule has 1 amide bonds. The number of hydrogen-bond donors (Lipinski definition) is 2. The van der Waals surface area contributed by atoms with Crippen LogP contribution < -0.4 is 11.1 Å². The van der Waals surface area contributed by atoms with E-state index < -0.39 is 0 Å². The van der Waals surface area contributed by atoms with Gasteiger partial charge in [0.2, 0.25) is 0 Å². The van der Waals surface area contributed by atoms with Gasteiger partial charge in [0.25, 0.3) is 5.91 Å². The van der Waals surface area contributed by atoms with E-state index in [0.717, 1.165) is 0 Å². The number of carbonyl (C=O) groups excluding carboxylic acids is 1. The van der Waals surface area contributed by atoms with Crippen LogP contribution in [0.3, 0.4) is 0 Å². The number of furan rings is 1. The second-order valence-electron chi connectivity index (χ2n) is 4.73. The molecular formula is C13H21ClN2O2. The predicted octanol–water partition coefficient (Wildman–Crippen LogP) is 2.34. The normalized spacial score (nSPS) is 17.8. The number of amides is 1. The summed E-state index contributed by atoms with van der Waals surface area (Å²) in [6.07, 6.45) is 9.13. The topological polar surface area (TPSA) is 68.3 Å². The van der Waals surface area contributed by atoms with Crippen LogP contribution in [0.1, 0.15) is 42.5 Å². The van der Waals surface area contributed by atoms with Crippen LogP contribution >= 0.6 is 12.4 Å². The Morgan fingerprint density at radius 3 is 2.72 bits per heavy atom. The minimum Gasteiger partial charge on any atom is -0.472 e. The van der Waals surface area contributed by atoms with E-state index in [1.54, 1.807) is 6.07 Å². The highest BCUT2D eigenvalue weighted by molar-refractivity contribution is 5.93. The summed E-state index contributed by atoms with van der Waals surface area (Å²) in [5.74, 6) is 0.448. The zero-order valence-corrected chi connectivity index (χ0v) is 11.2. The zero-order chi connectivity index (χ0) is 12.1. The maximum atomic E-state index is 11.9. The van der Waals surface area contributed by atoms with E-state index in [4.69, 9.17) is 10.2 Å². The third-order valence-electron chi connectivity index (χ3n) is 3.57. The summed E-state index contributed by atoms with van der Waals surface area (Å²) in [5.41, 5.74) is 6.34. The Kier molecular flexibility index (Phi) is 6.22. The lowest BCUT2D eigenvalue weighted by Crippen LogP contribution is -2.45. The fraction of sp³-hybridized carbons (Fsp3) is 0.615. The minimum atomic E-state index is -0.0835. The molecule has 3 N–H and O–H groups in total. The molecule has 1 saturated carbocycles. The van der Waals surface area contributed by atoms with E-state index >= 15 is 0 Å². The van der Waals surface area contributed by atoms with Gasteiger partial charge < -0.3 is 15.5 Å². The molecule has 1 atom stereocenters. The Balaban J connectivity index is 0.00000162. The highest BCUT2D eigenvalue weighted by Gasteiger charge is 2.24. The summed E-state index contributed by atoms with van der Waals surface area (Å²) in [7, 11) is 0. The Morgan fingerprint density at radius 2 is 2.17 bits per heavy atom. The molecule has 1 aromatic rings. The highest BCUT2D eigenvalue weighted by Crippen LogP contribution is 2.26. The van der Waals surface area contributed by atoms with Gasteiger partial charge in [0.05, 0.1) is 11.8 Å². The molecule has 2 rings (SSSR count). The van der Waals surface area contributed by atoms with Crippen LogP contribution in [0, 0.1) is 5.92 Å². The molecule has 0 bridgehead atoms. The minimum absolute atomic E-state index is 0. The quantitative estimate of drug-likeness (QED) is 0.884. The first-order chi connectivity index (χ1) is 8.31. The van der Waals surface area contributed by atoms with E-state index in [2.05, 4.69) is 5.32 Å². The maximum absolute atomic E-state index is 11.9. The van der Waals surface area contributed by atoms with Crippen LogP contribution in [0.15, 0.2) is 23.0 Å². The molecular weight excluding hydrogens is 252 g/mol. The molecule has 5 heteroatoms. The van der Waals surface area contributed by atoms with Gasteiger partial charge >= 0.3 is 0 Å². The molecule has 1 aliphatic rings. The van der Waals surface area contributed by atoms with Gasteiger partial charge in [0.15, 0.2) is 0 Å². The van der Waals surface area contributed by atoms with Crippen molar-refractivity contribution in [2.75, 3.05) is 6.54 Å². The number of rotatable bonds is 4. The van der Waals surface area contributed by atoms with Crippen LogP contribution in [0.4, 0.5) is 0 Å². The van der Waals surface area contributed by atoms with Crippen LogP contribution in [0.2, 0.25) is 0 Å². The second-order valence-corrected chi connectivity index (χ2v) is 4.73. The molecule has 0 aromatic carbocycles. The largest absolute Gasteiger partial charge is 0.472 e. The van der Waals surface area contributed by atoms with Gasteiger partial charge in [-0.25, -0.2) is 0 Å². The Bertz CT molecular complexity index is 348. The Hall–Kier alpha value is -1.00. The van der Waals surface area contributed by atoms with Gasteiger partial charge in [0, 0.05) is 12.6 Å².